The molecule has 0 aromatic carbocycles. The van der Waals surface area contributed by atoms with E-state index in [1.54, 1.807) is 47.2 Å². The number of likely N-dealkylation sites (tertiary alicyclic amines) is 1. The predicted octanol–water partition coefficient (Wildman–Crippen LogP) is 0.405. The summed E-state index contributed by atoms with van der Waals surface area (Å²) in [5, 5.41) is 11.4. The first-order valence-corrected chi connectivity index (χ1v) is 12.6. The molecule has 2 aliphatic heterocycles. The maximum Gasteiger partial charge on any atom is 0.263 e. The molecular formula is C26H30N8O4. The van der Waals surface area contributed by atoms with Crippen molar-refractivity contribution in [2.75, 3.05) is 33.2 Å². The number of hydrogen-bond acceptors (Lipinski definition) is 7. The number of aryl methyl sites for hydroxylation is 2. The van der Waals surface area contributed by atoms with E-state index in [9.17, 15) is 19.2 Å². The van der Waals surface area contributed by atoms with Gasteiger partial charge in [0.1, 0.15) is 11.3 Å². The largest absolute Gasteiger partial charge is 0.354 e. The molecule has 3 amide bonds. The molecule has 0 radical (unpaired) electrons. The number of nitrogens with zero attached hydrogens (tertiary/aromatic N) is 7. The van der Waals surface area contributed by atoms with Crippen LogP contribution in [0.2, 0.25) is 0 Å². The number of fused-ring (bicyclic) bond motifs is 6. The van der Waals surface area contributed by atoms with Gasteiger partial charge in [0.2, 0.25) is 5.91 Å². The quantitative estimate of drug-likeness (QED) is 0.493. The minimum atomic E-state index is -0.423. The van der Waals surface area contributed by atoms with Crippen molar-refractivity contribution < 1.29 is 14.4 Å². The third-order valence-electron chi connectivity index (χ3n) is 7.07. The molecule has 4 bridgehead atoms. The Balaban J connectivity index is 1.46. The summed E-state index contributed by atoms with van der Waals surface area (Å²) in [5.74, 6) is -0.918. The molecule has 1 saturated heterocycles. The third-order valence-corrected chi connectivity index (χ3v) is 7.07. The van der Waals surface area contributed by atoms with Crippen LogP contribution in [0.3, 0.4) is 0 Å². The van der Waals surface area contributed by atoms with E-state index in [1.165, 1.54) is 15.5 Å². The highest BCUT2D eigenvalue weighted by atomic mass is 16.2. The molecule has 0 saturated carbocycles. The maximum absolute atomic E-state index is 13.4. The van der Waals surface area contributed by atoms with Gasteiger partial charge in [-0.3, -0.25) is 24.2 Å². The third kappa shape index (κ3) is 5.06. The lowest BCUT2D eigenvalue weighted by Crippen LogP contribution is -2.39. The van der Waals surface area contributed by atoms with Crippen LogP contribution in [0.1, 0.15) is 50.3 Å². The molecule has 1 fully saturated rings. The van der Waals surface area contributed by atoms with E-state index < -0.39 is 11.5 Å². The maximum atomic E-state index is 13.4. The van der Waals surface area contributed by atoms with Gasteiger partial charge in [-0.25, -0.2) is 4.68 Å². The van der Waals surface area contributed by atoms with Crippen molar-refractivity contribution in [3.05, 3.63) is 75.2 Å². The molecule has 3 aromatic rings. The molecule has 5 rings (SSSR count). The zero-order valence-electron chi connectivity index (χ0n) is 21.6. The number of aromatic nitrogens is 5. The van der Waals surface area contributed by atoms with Crippen molar-refractivity contribution in [1.82, 2.24) is 39.7 Å². The van der Waals surface area contributed by atoms with Crippen LogP contribution in [0.15, 0.2) is 41.5 Å². The fraction of sp³-hybridized carbons (Fsp3) is 0.423. The summed E-state index contributed by atoms with van der Waals surface area (Å²) in [6.07, 6.45) is 3.54. The molecule has 2 atom stereocenters. The second kappa shape index (κ2) is 10.2. The zero-order chi connectivity index (χ0) is 27.0. The van der Waals surface area contributed by atoms with E-state index in [2.05, 4.69) is 20.6 Å². The average molecular weight is 519 g/mol. The van der Waals surface area contributed by atoms with E-state index in [-0.39, 0.29) is 55.4 Å². The summed E-state index contributed by atoms with van der Waals surface area (Å²) in [6.45, 7) is 5.08. The summed E-state index contributed by atoms with van der Waals surface area (Å²) >= 11 is 0. The fourth-order valence-corrected chi connectivity index (χ4v) is 5.19. The number of carbonyl (C=O) groups is 3. The first-order chi connectivity index (χ1) is 18.2. The highest BCUT2D eigenvalue weighted by molar-refractivity contribution is 5.95. The predicted molar refractivity (Wildman–Crippen MR) is 137 cm³/mol. The Hall–Kier alpha value is -4.35. The lowest BCUT2D eigenvalue weighted by atomic mass is 9.99. The summed E-state index contributed by atoms with van der Waals surface area (Å²) in [7, 11) is 1.60. The summed E-state index contributed by atoms with van der Waals surface area (Å²) in [5.41, 5.74) is 2.25. The highest BCUT2D eigenvalue weighted by Crippen LogP contribution is 2.31. The lowest BCUT2D eigenvalue weighted by Gasteiger charge is -2.20. The van der Waals surface area contributed by atoms with E-state index in [1.807, 2.05) is 13.8 Å². The summed E-state index contributed by atoms with van der Waals surface area (Å²) < 4.78 is 3.11. The Labute approximate surface area is 219 Å². The number of amides is 3. The van der Waals surface area contributed by atoms with Crippen LogP contribution >= 0.6 is 0 Å². The highest BCUT2D eigenvalue weighted by Gasteiger charge is 2.38. The molecule has 38 heavy (non-hydrogen) atoms. The van der Waals surface area contributed by atoms with E-state index in [4.69, 9.17) is 0 Å². The standard InChI is InChI=1S/C26H30N8O4/c1-16-9-18(10-17(2)28-16)24(36)33-12-19-11-23(35)27-6-8-31(3)25(37)21-5-4-7-32(26(21)38)13-20-14-34(30-29-20)22(19)15-33/h4-5,7,9-10,14,19,22H,6,8,11-13,15H2,1-3H3,(H,27,35)/t19-,22+/m0/s1. The molecule has 0 spiro atoms. The number of nitrogens with one attached hydrogen (secondary N) is 1. The lowest BCUT2D eigenvalue weighted by molar-refractivity contribution is -0.122. The molecule has 0 unspecified atom stereocenters. The number of carbonyl (C=O) groups excluding carboxylic acids is 3. The average Bonchev–Trinajstić information content (AvgIpc) is 3.50. The molecular weight excluding hydrogens is 488 g/mol. The van der Waals surface area contributed by atoms with Gasteiger partial charge in [0.15, 0.2) is 0 Å². The first kappa shape index (κ1) is 25.3. The minimum absolute atomic E-state index is 0.0485. The van der Waals surface area contributed by atoms with Gasteiger partial charge in [-0.1, -0.05) is 5.21 Å². The van der Waals surface area contributed by atoms with Crippen molar-refractivity contribution >= 4 is 17.7 Å². The minimum Gasteiger partial charge on any atom is -0.354 e. The Kier molecular flexibility index (Phi) is 6.79. The van der Waals surface area contributed by atoms with Gasteiger partial charge in [0.25, 0.3) is 17.4 Å². The molecule has 1 N–H and O–H groups in total. The Morgan fingerprint density at radius 3 is 2.63 bits per heavy atom. The first-order valence-electron chi connectivity index (χ1n) is 12.6. The Morgan fingerprint density at radius 1 is 1.11 bits per heavy atom. The van der Waals surface area contributed by atoms with Gasteiger partial charge >= 0.3 is 0 Å². The van der Waals surface area contributed by atoms with Crippen molar-refractivity contribution in [3.63, 3.8) is 0 Å². The molecule has 12 heteroatoms. The molecule has 198 valence electrons. The van der Waals surface area contributed by atoms with E-state index >= 15 is 0 Å². The SMILES string of the molecule is Cc1cc(C(=O)N2C[C@@H]3CC(=O)NCCN(C)C(=O)c4cccn(c4=O)Cc4cn(nn4)[C@@H]3C2)cc(C)n1. The second-order valence-electron chi connectivity index (χ2n) is 10.0. The van der Waals surface area contributed by atoms with Gasteiger partial charge in [-0.05, 0) is 38.1 Å². The van der Waals surface area contributed by atoms with Crippen molar-refractivity contribution in [2.24, 2.45) is 5.92 Å². The summed E-state index contributed by atoms with van der Waals surface area (Å²) in [4.78, 5) is 59.7. The van der Waals surface area contributed by atoms with Gasteiger partial charge in [-0.2, -0.15) is 0 Å². The number of pyridine rings is 2. The Morgan fingerprint density at radius 2 is 1.87 bits per heavy atom. The fourth-order valence-electron chi connectivity index (χ4n) is 5.19. The second-order valence-corrected chi connectivity index (χ2v) is 10.0. The molecule has 2 aliphatic rings. The van der Waals surface area contributed by atoms with Gasteiger partial charge < -0.3 is 19.7 Å². The normalized spacial score (nSPS) is 20.3. The summed E-state index contributed by atoms with van der Waals surface area (Å²) in [6, 6.07) is 6.41. The monoisotopic (exact) mass is 518 g/mol. The molecule has 12 nitrogen and oxygen atoms in total. The number of rotatable bonds is 1. The van der Waals surface area contributed by atoms with Crippen LogP contribution < -0.4 is 10.9 Å². The van der Waals surface area contributed by atoms with Crippen molar-refractivity contribution in [1.29, 1.82) is 0 Å². The Bertz CT molecular complexity index is 1440. The molecule has 0 aliphatic carbocycles. The number of likely N-dealkylation sites (N-methyl/N-ethyl adjacent to an activating group) is 1. The van der Waals surface area contributed by atoms with Crippen LogP contribution in [-0.2, 0) is 11.3 Å². The van der Waals surface area contributed by atoms with Crippen LogP contribution in [-0.4, -0.2) is 85.3 Å². The molecule has 5 heterocycles. The van der Waals surface area contributed by atoms with Gasteiger partial charge in [0, 0.05) is 68.7 Å². The van der Waals surface area contributed by atoms with Gasteiger partial charge in [0.05, 0.1) is 18.8 Å². The van der Waals surface area contributed by atoms with Gasteiger partial charge in [-0.15, -0.1) is 5.10 Å². The van der Waals surface area contributed by atoms with E-state index in [0.29, 0.717) is 24.3 Å². The van der Waals surface area contributed by atoms with Crippen LogP contribution in [0.5, 0.6) is 0 Å². The van der Waals surface area contributed by atoms with Crippen LogP contribution in [0, 0.1) is 19.8 Å². The van der Waals surface area contributed by atoms with Crippen molar-refractivity contribution in [2.45, 2.75) is 32.9 Å². The smallest absolute Gasteiger partial charge is 0.263 e. The molecule has 3 aromatic heterocycles. The topological polar surface area (TPSA) is 135 Å². The van der Waals surface area contributed by atoms with Crippen LogP contribution in [0.4, 0.5) is 0 Å². The van der Waals surface area contributed by atoms with E-state index in [0.717, 1.165) is 11.4 Å². The zero-order valence-corrected chi connectivity index (χ0v) is 21.6. The number of hydrogen-bond donors (Lipinski definition) is 1. The van der Waals surface area contributed by atoms with Crippen molar-refractivity contribution in [3.8, 4) is 0 Å². The van der Waals surface area contributed by atoms with Crippen LogP contribution in [0.25, 0.3) is 0 Å².